The molecule has 2 N–H and O–H groups in total. The molecule has 1 saturated heterocycles. The number of amides is 4. The van der Waals surface area contributed by atoms with Gasteiger partial charge in [-0.15, -0.1) is 0 Å². The molecule has 1 fully saturated rings. The Labute approximate surface area is 179 Å². The lowest BCUT2D eigenvalue weighted by Crippen LogP contribution is -2.38. The number of aromatic nitrogens is 2. The van der Waals surface area contributed by atoms with Crippen LogP contribution in [0.5, 0.6) is 0 Å². The second kappa shape index (κ2) is 7.75. The first-order chi connectivity index (χ1) is 14.2. The van der Waals surface area contributed by atoms with Gasteiger partial charge in [0.25, 0.3) is 5.91 Å². The molecule has 2 aliphatic heterocycles. The third kappa shape index (κ3) is 4.05. The molecule has 4 rings (SSSR count). The minimum atomic E-state index is -0.721. The van der Waals surface area contributed by atoms with Crippen LogP contribution in [0.2, 0.25) is 5.02 Å². The molecule has 0 bridgehead atoms. The maximum Gasteiger partial charge on any atom is 0.329 e. The van der Waals surface area contributed by atoms with Crippen LogP contribution in [0.25, 0.3) is 0 Å². The molecule has 3 heterocycles. The smallest absolute Gasteiger partial charge is 0.329 e. The minimum absolute atomic E-state index is 0.0379. The number of nitrogens with one attached hydrogen (secondary N) is 2. The fourth-order valence-corrected chi connectivity index (χ4v) is 4.23. The second-order valence-corrected chi connectivity index (χ2v) is 9.09. The summed E-state index contributed by atoms with van der Waals surface area (Å²) in [4.78, 5) is 40.9. The van der Waals surface area contributed by atoms with E-state index in [1.54, 1.807) is 30.5 Å². The lowest BCUT2D eigenvalue weighted by molar-refractivity contribution is -0.133. The van der Waals surface area contributed by atoms with Gasteiger partial charge in [-0.05, 0) is 42.5 Å². The van der Waals surface area contributed by atoms with Crippen molar-refractivity contribution in [2.45, 2.75) is 45.7 Å². The van der Waals surface area contributed by atoms with Crippen LogP contribution >= 0.6 is 11.6 Å². The molecule has 1 aromatic carbocycles. The van der Waals surface area contributed by atoms with E-state index < -0.39 is 12.1 Å². The van der Waals surface area contributed by atoms with Gasteiger partial charge in [0.2, 0.25) is 5.91 Å². The van der Waals surface area contributed by atoms with Crippen molar-refractivity contribution in [2.75, 3.05) is 11.4 Å². The van der Waals surface area contributed by atoms with Crippen molar-refractivity contribution in [2.24, 2.45) is 5.41 Å². The van der Waals surface area contributed by atoms with Gasteiger partial charge < -0.3 is 10.2 Å². The molecule has 2 aliphatic rings. The van der Waals surface area contributed by atoms with Crippen molar-refractivity contribution >= 4 is 35.1 Å². The highest BCUT2D eigenvalue weighted by molar-refractivity contribution is 6.30. The lowest BCUT2D eigenvalue weighted by Gasteiger charge is -2.29. The normalized spacial score (nSPS) is 20.7. The summed E-state index contributed by atoms with van der Waals surface area (Å²) in [6, 6.07) is 5.28. The molecule has 2 aromatic rings. The molecular formula is C21H24ClN5O3. The van der Waals surface area contributed by atoms with E-state index >= 15 is 0 Å². The summed E-state index contributed by atoms with van der Waals surface area (Å²) in [6.07, 6.45) is 3.01. The molecule has 1 atom stereocenters. The Bertz CT molecular complexity index is 985. The molecule has 1 aromatic heterocycles. The van der Waals surface area contributed by atoms with Crippen LogP contribution in [0.1, 0.15) is 37.9 Å². The molecule has 9 heteroatoms. The average molecular weight is 430 g/mol. The van der Waals surface area contributed by atoms with E-state index in [0.29, 0.717) is 23.8 Å². The van der Waals surface area contributed by atoms with Gasteiger partial charge in [0, 0.05) is 35.8 Å². The maximum absolute atomic E-state index is 12.9. The van der Waals surface area contributed by atoms with Crippen LogP contribution in [0, 0.1) is 5.41 Å². The quantitative estimate of drug-likeness (QED) is 0.730. The third-order valence-electron chi connectivity index (χ3n) is 5.55. The van der Waals surface area contributed by atoms with Gasteiger partial charge >= 0.3 is 6.03 Å². The monoisotopic (exact) mass is 429 g/mol. The van der Waals surface area contributed by atoms with E-state index in [1.807, 2.05) is 4.90 Å². The Balaban J connectivity index is 1.41. The standard InChI is InChI=1S/C21H24ClN5O3/c1-21(2)9-17-13(10-23-25-17)11-26(12-21)18(28)8-7-16-19(29)27(20(30)24-16)15-5-3-14(22)4-6-15/h3-6,10,16H,7-9,11-12H2,1-2H3,(H,23,25)(H,24,30). The van der Waals surface area contributed by atoms with Gasteiger partial charge in [-0.3, -0.25) is 14.7 Å². The predicted octanol–water partition coefficient (Wildman–Crippen LogP) is 2.88. The number of carbonyl (C=O) groups excluding carboxylic acids is 3. The molecule has 30 heavy (non-hydrogen) atoms. The maximum atomic E-state index is 12.9. The highest BCUT2D eigenvalue weighted by Gasteiger charge is 2.39. The van der Waals surface area contributed by atoms with Crippen molar-refractivity contribution in [3.8, 4) is 0 Å². The fraction of sp³-hybridized carbons (Fsp3) is 0.429. The zero-order valence-corrected chi connectivity index (χ0v) is 17.7. The van der Waals surface area contributed by atoms with Gasteiger partial charge in [-0.2, -0.15) is 5.10 Å². The zero-order chi connectivity index (χ0) is 21.5. The Kier molecular flexibility index (Phi) is 5.27. The van der Waals surface area contributed by atoms with Crippen LogP contribution in [-0.4, -0.2) is 45.5 Å². The first-order valence-corrected chi connectivity index (χ1v) is 10.3. The van der Waals surface area contributed by atoms with E-state index in [1.165, 1.54) is 0 Å². The van der Waals surface area contributed by atoms with Crippen LogP contribution in [0.4, 0.5) is 10.5 Å². The molecule has 8 nitrogen and oxygen atoms in total. The van der Waals surface area contributed by atoms with Crippen molar-refractivity contribution in [1.82, 2.24) is 20.4 Å². The minimum Gasteiger partial charge on any atom is -0.338 e. The highest BCUT2D eigenvalue weighted by Crippen LogP contribution is 2.30. The van der Waals surface area contributed by atoms with Gasteiger partial charge in [0.1, 0.15) is 6.04 Å². The van der Waals surface area contributed by atoms with Gasteiger partial charge in [0.15, 0.2) is 0 Å². The number of urea groups is 1. The molecule has 1 unspecified atom stereocenters. The molecular weight excluding hydrogens is 406 g/mol. The van der Waals surface area contributed by atoms with E-state index in [2.05, 4.69) is 29.4 Å². The number of carbonyl (C=O) groups is 3. The average Bonchev–Trinajstić information content (AvgIpc) is 3.19. The van der Waals surface area contributed by atoms with Gasteiger partial charge in [-0.1, -0.05) is 25.4 Å². The summed E-state index contributed by atoms with van der Waals surface area (Å²) >= 11 is 5.88. The number of fused-ring (bicyclic) bond motifs is 1. The van der Waals surface area contributed by atoms with Crippen molar-refractivity contribution in [3.05, 3.63) is 46.7 Å². The van der Waals surface area contributed by atoms with Gasteiger partial charge in [-0.25, -0.2) is 9.69 Å². The number of aromatic amines is 1. The summed E-state index contributed by atoms with van der Waals surface area (Å²) in [5, 5.41) is 10.3. The zero-order valence-electron chi connectivity index (χ0n) is 16.9. The number of benzene rings is 1. The van der Waals surface area contributed by atoms with Crippen molar-refractivity contribution in [1.29, 1.82) is 0 Å². The second-order valence-electron chi connectivity index (χ2n) is 8.66. The van der Waals surface area contributed by atoms with Crippen LogP contribution < -0.4 is 10.2 Å². The number of hydrogen-bond donors (Lipinski definition) is 2. The lowest BCUT2D eigenvalue weighted by atomic mass is 9.87. The first kappa shape index (κ1) is 20.4. The summed E-state index contributed by atoms with van der Waals surface area (Å²) < 4.78 is 0. The Morgan fingerprint density at radius 2 is 2.00 bits per heavy atom. The Morgan fingerprint density at radius 1 is 1.27 bits per heavy atom. The van der Waals surface area contributed by atoms with Gasteiger partial charge in [0.05, 0.1) is 11.9 Å². The van der Waals surface area contributed by atoms with E-state index in [0.717, 1.165) is 22.6 Å². The number of rotatable bonds is 4. The topological polar surface area (TPSA) is 98.4 Å². The molecule has 0 radical (unpaired) electrons. The number of nitrogens with zero attached hydrogens (tertiary/aromatic N) is 3. The van der Waals surface area contributed by atoms with Crippen LogP contribution in [0.3, 0.4) is 0 Å². The first-order valence-electron chi connectivity index (χ1n) is 9.92. The number of halogens is 1. The van der Waals surface area contributed by atoms with Crippen molar-refractivity contribution in [3.63, 3.8) is 0 Å². The summed E-state index contributed by atoms with van der Waals surface area (Å²) in [7, 11) is 0. The van der Waals surface area contributed by atoms with Crippen LogP contribution in [0.15, 0.2) is 30.5 Å². The summed E-state index contributed by atoms with van der Waals surface area (Å²) in [5.74, 6) is -0.396. The third-order valence-corrected chi connectivity index (χ3v) is 5.80. The van der Waals surface area contributed by atoms with E-state index in [-0.39, 0.29) is 30.1 Å². The molecule has 0 spiro atoms. The number of imide groups is 1. The number of anilines is 1. The molecule has 4 amide bonds. The number of hydrogen-bond acceptors (Lipinski definition) is 4. The predicted molar refractivity (Wildman–Crippen MR) is 112 cm³/mol. The fourth-order valence-electron chi connectivity index (χ4n) is 4.10. The Morgan fingerprint density at radius 3 is 2.73 bits per heavy atom. The SMILES string of the molecule is CC1(C)Cc2[nH]ncc2CN(C(=O)CCC2NC(=O)N(c3ccc(Cl)cc3)C2=O)C1. The Hall–Kier alpha value is -2.87. The van der Waals surface area contributed by atoms with E-state index in [4.69, 9.17) is 11.6 Å². The molecule has 158 valence electrons. The highest BCUT2D eigenvalue weighted by atomic mass is 35.5. The van der Waals surface area contributed by atoms with Crippen LogP contribution in [-0.2, 0) is 22.6 Å². The summed E-state index contributed by atoms with van der Waals surface area (Å²) in [5.41, 5.74) is 2.45. The largest absolute Gasteiger partial charge is 0.338 e. The number of H-pyrrole nitrogens is 1. The van der Waals surface area contributed by atoms with Crippen molar-refractivity contribution < 1.29 is 14.4 Å². The molecule has 0 saturated carbocycles. The molecule has 0 aliphatic carbocycles. The summed E-state index contributed by atoms with van der Waals surface area (Å²) in [6.45, 7) is 5.36. The van der Waals surface area contributed by atoms with E-state index in [9.17, 15) is 14.4 Å².